The molecule has 2 saturated heterocycles. The Bertz CT molecular complexity index is 179. The standard InChI is InChI=1S/2C5H10N2O/c2*8-5-7-3-1-6-2-4-7/h2*5-6H,1-4H2. The lowest BCUT2D eigenvalue weighted by atomic mass is 10.4. The predicted molar refractivity (Wildman–Crippen MR) is 61.0 cm³/mol. The number of nitrogens with zero attached hydrogens (tertiary/aromatic N) is 2. The van der Waals surface area contributed by atoms with Gasteiger partial charge in [-0.15, -0.1) is 0 Å². The van der Waals surface area contributed by atoms with Gasteiger partial charge in [0, 0.05) is 52.4 Å². The first kappa shape index (κ1) is 12.9. The van der Waals surface area contributed by atoms with Crippen LogP contribution in [0.25, 0.3) is 0 Å². The van der Waals surface area contributed by atoms with Crippen LogP contribution >= 0.6 is 0 Å². The summed E-state index contributed by atoms with van der Waals surface area (Å²) < 4.78 is 0. The summed E-state index contributed by atoms with van der Waals surface area (Å²) in [7, 11) is 0. The van der Waals surface area contributed by atoms with Gasteiger partial charge in [0.2, 0.25) is 12.8 Å². The third-order valence-corrected chi connectivity index (χ3v) is 2.60. The van der Waals surface area contributed by atoms with Gasteiger partial charge in [-0.05, 0) is 0 Å². The molecule has 16 heavy (non-hydrogen) atoms. The Morgan fingerprint density at radius 3 is 1.19 bits per heavy atom. The summed E-state index contributed by atoms with van der Waals surface area (Å²) in [5.41, 5.74) is 0. The van der Waals surface area contributed by atoms with Crippen molar-refractivity contribution in [2.45, 2.75) is 0 Å². The van der Waals surface area contributed by atoms with E-state index in [4.69, 9.17) is 0 Å². The number of nitrogens with one attached hydrogen (secondary N) is 2. The third-order valence-electron chi connectivity index (χ3n) is 2.60. The molecule has 6 nitrogen and oxygen atoms in total. The van der Waals surface area contributed by atoms with Gasteiger partial charge in [0.25, 0.3) is 0 Å². The van der Waals surface area contributed by atoms with Crippen LogP contribution in [0.1, 0.15) is 0 Å². The molecule has 2 rings (SSSR count). The molecule has 0 atom stereocenters. The van der Waals surface area contributed by atoms with Gasteiger partial charge in [0.15, 0.2) is 0 Å². The van der Waals surface area contributed by atoms with Crippen molar-refractivity contribution in [3.8, 4) is 0 Å². The highest BCUT2D eigenvalue weighted by molar-refractivity contribution is 5.47. The number of carbonyl (C=O) groups excluding carboxylic acids is 2. The molecule has 2 amide bonds. The van der Waals surface area contributed by atoms with Crippen LogP contribution in [0.2, 0.25) is 0 Å². The molecule has 2 aliphatic heterocycles. The topological polar surface area (TPSA) is 64.7 Å². The van der Waals surface area contributed by atoms with Crippen LogP contribution in [-0.2, 0) is 9.59 Å². The van der Waals surface area contributed by atoms with Gasteiger partial charge in [-0.3, -0.25) is 9.59 Å². The van der Waals surface area contributed by atoms with Crippen LogP contribution in [0.5, 0.6) is 0 Å². The minimum Gasteiger partial charge on any atom is -0.343 e. The normalized spacial score (nSPS) is 20.8. The van der Waals surface area contributed by atoms with Crippen LogP contribution in [0, 0.1) is 0 Å². The van der Waals surface area contributed by atoms with Crippen molar-refractivity contribution in [1.29, 1.82) is 0 Å². The molecule has 0 aromatic heterocycles. The minimum atomic E-state index is 0.865. The second-order valence-electron chi connectivity index (χ2n) is 3.78. The summed E-state index contributed by atoms with van der Waals surface area (Å²) in [6.45, 7) is 7.23. The quantitative estimate of drug-likeness (QED) is 0.542. The number of amides is 2. The Morgan fingerprint density at radius 1 is 0.688 bits per heavy atom. The van der Waals surface area contributed by atoms with Crippen LogP contribution in [0.3, 0.4) is 0 Å². The molecule has 0 bridgehead atoms. The maximum Gasteiger partial charge on any atom is 0.209 e. The number of rotatable bonds is 2. The molecule has 0 saturated carbocycles. The maximum atomic E-state index is 10.1. The van der Waals surface area contributed by atoms with Crippen molar-refractivity contribution in [2.24, 2.45) is 0 Å². The molecule has 0 spiro atoms. The van der Waals surface area contributed by atoms with Crippen molar-refractivity contribution in [3.63, 3.8) is 0 Å². The first-order valence-corrected chi connectivity index (χ1v) is 5.67. The second-order valence-corrected chi connectivity index (χ2v) is 3.78. The average Bonchev–Trinajstić information content (AvgIpc) is 2.41. The summed E-state index contributed by atoms with van der Waals surface area (Å²) in [6.07, 6.45) is 1.81. The highest BCUT2D eigenvalue weighted by atomic mass is 16.1. The van der Waals surface area contributed by atoms with Crippen molar-refractivity contribution < 1.29 is 9.59 Å². The van der Waals surface area contributed by atoms with E-state index < -0.39 is 0 Å². The van der Waals surface area contributed by atoms with E-state index in [1.165, 1.54) is 0 Å². The molecule has 0 aliphatic carbocycles. The van der Waals surface area contributed by atoms with Gasteiger partial charge in [-0.1, -0.05) is 0 Å². The zero-order valence-corrected chi connectivity index (χ0v) is 9.52. The molecule has 2 heterocycles. The van der Waals surface area contributed by atoms with Crippen molar-refractivity contribution in [3.05, 3.63) is 0 Å². The van der Waals surface area contributed by atoms with Crippen LogP contribution in [0.4, 0.5) is 0 Å². The predicted octanol–water partition coefficient (Wildman–Crippen LogP) is -1.90. The van der Waals surface area contributed by atoms with E-state index in [0.29, 0.717) is 0 Å². The monoisotopic (exact) mass is 228 g/mol. The average molecular weight is 228 g/mol. The van der Waals surface area contributed by atoms with Crippen LogP contribution in [-0.4, -0.2) is 75.0 Å². The molecule has 6 heteroatoms. The van der Waals surface area contributed by atoms with Gasteiger partial charge in [-0.2, -0.15) is 0 Å². The maximum absolute atomic E-state index is 10.1. The number of piperazine rings is 2. The van der Waals surface area contributed by atoms with E-state index in [1.54, 1.807) is 9.80 Å². The lowest BCUT2D eigenvalue weighted by molar-refractivity contribution is -0.119. The van der Waals surface area contributed by atoms with Gasteiger partial charge >= 0.3 is 0 Å². The van der Waals surface area contributed by atoms with E-state index in [2.05, 4.69) is 10.6 Å². The van der Waals surface area contributed by atoms with Gasteiger partial charge < -0.3 is 20.4 Å². The molecule has 0 radical (unpaired) electrons. The third kappa shape index (κ3) is 5.09. The SMILES string of the molecule is O=CN1CCNCC1.O=CN1CCNCC1. The smallest absolute Gasteiger partial charge is 0.209 e. The van der Waals surface area contributed by atoms with E-state index >= 15 is 0 Å². The molecule has 0 unspecified atom stereocenters. The van der Waals surface area contributed by atoms with E-state index in [1.807, 2.05) is 0 Å². The zero-order chi connectivity index (χ0) is 11.6. The molecule has 92 valence electrons. The van der Waals surface area contributed by atoms with Crippen molar-refractivity contribution >= 4 is 12.8 Å². The Hall–Kier alpha value is -1.14. The largest absolute Gasteiger partial charge is 0.343 e. The second kappa shape index (κ2) is 8.06. The van der Waals surface area contributed by atoms with Crippen molar-refractivity contribution in [2.75, 3.05) is 52.4 Å². The summed E-state index contributed by atoms with van der Waals surface area (Å²) in [5, 5.41) is 6.30. The van der Waals surface area contributed by atoms with Gasteiger partial charge in [-0.25, -0.2) is 0 Å². The van der Waals surface area contributed by atoms with E-state index in [9.17, 15) is 9.59 Å². The summed E-state index contributed by atoms with van der Waals surface area (Å²) in [5.74, 6) is 0. The van der Waals surface area contributed by atoms with E-state index in [-0.39, 0.29) is 0 Å². The Morgan fingerprint density at radius 2 is 1.00 bits per heavy atom. The Balaban J connectivity index is 0.000000160. The molecule has 0 aromatic rings. The van der Waals surface area contributed by atoms with Gasteiger partial charge in [0.05, 0.1) is 0 Å². The lowest BCUT2D eigenvalue weighted by Gasteiger charge is -2.22. The molecular formula is C10H20N4O2. The molecule has 2 N–H and O–H groups in total. The van der Waals surface area contributed by atoms with E-state index in [0.717, 1.165) is 65.2 Å². The summed E-state index contributed by atoms with van der Waals surface area (Å²) in [6, 6.07) is 0. The number of hydrogen-bond acceptors (Lipinski definition) is 4. The number of hydrogen-bond donors (Lipinski definition) is 2. The molecule has 0 aromatic carbocycles. The molecule has 2 fully saturated rings. The Labute approximate surface area is 96.0 Å². The minimum absolute atomic E-state index is 0.865. The number of carbonyl (C=O) groups is 2. The first-order chi connectivity index (χ1) is 7.86. The molecular weight excluding hydrogens is 208 g/mol. The highest BCUT2D eigenvalue weighted by Gasteiger charge is 2.04. The van der Waals surface area contributed by atoms with Crippen LogP contribution < -0.4 is 10.6 Å². The lowest BCUT2D eigenvalue weighted by Crippen LogP contribution is -2.42. The zero-order valence-electron chi connectivity index (χ0n) is 9.52. The molecule has 2 aliphatic rings. The highest BCUT2D eigenvalue weighted by Crippen LogP contribution is 1.85. The van der Waals surface area contributed by atoms with Gasteiger partial charge in [0.1, 0.15) is 0 Å². The van der Waals surface area contributed by atoms with Crippen LogP contribution in [0.15, 0.2) is 0 Å². The first-order valence-electron chi connectivity index (χ1n) is 5.67. The van der Waals surface area contributed by atoms with Crippen molar-refractivity contribution in [1.82, 2.24) is 20.4 Å². The fourth-order valence-electron chi connectivity index (χ4n) is 1.58. The fraction of sp³-hybridized carbons (Fsp3) is 0.800. The Kier molecular flexibility index (Phi) is 6.52. The summed E-state index contributed by atoms with van der Waals surface area (Å²) in [4.78, 5) is 23.7. The fourth-order valence-corrected chi connectivity index (χ4v) is 1.58. The summed E-state index contributed by atoms with van der Waals surface area (Å²) >= 11 is 0.